The fourth-order valence-electron chi connectivity index (χ4n) is 2.41. The molecule has 3 nitrogen and oxygen atoms in total. The summed E-state index contributed by atoms with van der Waals surface area (Å²) in [5.74, 6) is -0.283. The molecule has 0 aliphatic carbocycles. The van der Waals surface area contributed by atoms with Crippen molar-refractivity contribution >= 4 is 29.1 Å². The molecule has 1 atom stereocenters. The smallest absolute Gasteiger partial charge is 0.275 e. The van der Waals surface area contributed by atoms with E-state index in [1.165, 1.54) is 12.1 Å². The molecule has 0 aromatic heterocycles. The number of benzene rings is 2. The Balaban J connectivity index is 1.73. The van der Waals surface area contributed by atoms with E-state index >= 15 is 0 Å². The predicted octanol–water partition coefficient (Wildman–Crippen LogP) is 2.51. The molecular weight excluding hydrogens is 350 g/mol. The van der Waals surface area contributed by atoms with E-state index in [1.54, 1.807) is 24.3 Å². The zero-order valence-corrected chi connectivity index (χ0v) is 14.9. The van der Waals surface area contributed by atoms with Gasteiger partial charge in [-0.3, -0.25) is 4.79 Å². The minimum absolute atomic E-state index is 0.0281. The quantitative estimate of drug-likeness (QED) is 0.772. The number of quaternary nitrogens is 1. The van der Waals surface area contributed by atoms with Gasteiger partial charge in [0.1, 0.15) is 12.4 Å². The third-order valence-corrected chi connectivity index (χ3v) is 4.20. The van der Waals surface area contributed by atoms with Gasteiger partial charge in [0.25, 0.3) is 5.91 Å². The molecule has 0 heterocycles. The van der Waals surface area contributed by atoms with E-state index in [2.05, 4.69) is 5.32 Å². The van der Waals surface area contributed by atoms with Crippen molar-refractivity contribution in [2.45, 2.75) is 13.0 Å². The average molecular weight is 370 g/mol. The second-order valence-electron chi connectivity index (χ2n) is 5.77. The van der Waals surface area contributed by atoms with Crippen LogP contribution in [0.4, 0.5) is 4.39 Å². The van der Waals surface area contributed by atoms with Crippen molar-refractivity contribution in [3.63, 3.8) is 0 Å². The summed E-state index contributed by atoms with van der Waals surface area (Å²) < 4.78 is 12.9. The molecule has 0 bridgehead atoms. The minimum atomic E-state index is -0.255. The summed E-state index contributed by atoms with van der Waals surface area (Å²) in [5.41, 5.74) is 1.95. The summed E-state index contributed by atoms with van der Waals surface area (Å²) in [6.07, 6.45) is 0.652. The summed E-state index contributed by atoms with van der Waals surface area (Å²) in [6, 6.07) is 11.7. The van der Waals surface area contributed by atoms with Crippen molar-refractivity contribution in [1.29, 1.82) is 0 Å². The number of carbonyl (C=O) groups excluding carboxylic acids is 1. The number of hydrogen-bond acceptors (Lipinski definition) is 1. The van der Waals surface area contributed by atoms with E-state index in [0.717, 1.165) is 16.0 Å². The number of hydrogen-bond donors (Lipinski definition) is 2. The second-order valence-corrected chi connectivity index (χ2v) is 6.62. The molecule has 128 valence electrons. The molecule has 24 heavy (non-hydrogen) atoms. The van der Waals surface area contributed by atoms with Gasteiger partial charge in [0, 0.05) is 22.2 Å². The van der Waals surface area contributed by atoms with E-state index in [-0.39, 0.29) is 11.7 Å². The van der Waals surface area contributed by atoms with Crippen LogP contribution in [0.2, 0.25) is 10.0 Å². The molecule has 0 aliphatic rings. The average Bonchev–Trinajstić information content (AvgIpc) is 2.51. The lowest BCUT2D eigenvalue weighted by molar-refractivity contribution is -0.885. The summed E-state index contributed by atoms with van der Waals surface area (Å²) in [6.45, 7) is 1.53. The van der Waals surface area contributed by atoms with Gasteiger partial charge in [0.05, 0.1) is 7.05 Å². The number of likely N-dealkylation sites (N-methyl/N-ethyl adjacent to an activating group) is 1. The highest BCUT2D eigenvalue weighted by atomic mass is 35.5. The molecule has 2 rings (SSSR count). The van der Waals surface area contributed by atoms with Crippen molar-refractivity contribution in [2.24, 2.45) is 0 Å². The minimum Gasteiger partial charge on any atom is -0.351 e. The molecule has 0 saturated carbocycles. The van der Waals surface area contributed by atoms with Crippen LogP contribution >= 0.6 is 23.2 Å². The largest absolute Gasteiger partial charge is 0.351 e. The number of carbonyl (C=O) groups is 1. The number of halogens is 3. The first kappa shape index (κ1) is 18.7. The van der Waals surface area contributed by atoms with Crippen LogP contribution in [0.1, 0.15) is 11.1 Å². The summed E-state index contributed by atoms with van der Waals surface area (Å²) in [4.78, 5) is 13.0. The van der Waals surface area contributed by atoms with Gasteiger partial charge >= 0.3 is 0 Å². The van der Waals surface area contributed by atoms with Crippen LogP contribution in [0.25, 0.3) is 0 Å². The molecule has 0 aliphatic heterocycles. The Labute approximate surface area is 151 Å². The van der Waals surface area contributed by atoms with Gasteiger partial charge in [-0.2, -0.15) is 0 Å². The maximum absolute atomic E-state index is 12.9. The van der Waals surface area contributed by atoms with Crippen molar-refractivity contribution in [3.05, 3.63) is 69.5 Å². The first-order chi connectivity index (χ1) is 11.4. The highest BCUT2D eigenvalue weighted by Gasteiger charge is 2.10. The molecule has 2 aromatic carbocycles. The van der Waals surface area contributed by atoms with Gasteiger partial charge in [-0.1, -0.05) is 41.4 Å². The Bertz CT molecular complexity index is 692. The monoisotopic (exact) mass is 369 g/mol. The third-order valence-electron chi connectivity index (χ3n) is 3.61. The van der Waals surface area contributed by atoms with Gasteiger partial charge < -0.3 is 10.2 Å². The van der Waals surface area contributed by atoms with Gasteiger partial charge in [0.2, 0.25) is 0 Å². The van der Waals surface area contributed by atoms with Gasteiger partial charge in [-0.05, 0) is 36.2 Å². The van der Waals surface area contributed by atoms with Crippen LogP contribution < -0.4 is 10.2 Å². The highest BCUT2D eigenvalue weighted by Crippen LogP contribution is 2.20. The van der Waals surface area contributed by atoms with Gasteiger partial charge in [0.15, 0.2) is 6.54 Å². The SMILES string of the molecule is C[NH+](CC(=O)NCCc1ccc(Cl)cc1Cl)Cc1ccc(F)cc1. The summed E-state index contributed by atoms with van der Waals surface area (Å²) in [7, 11) is 1.93. The molecule has 2 N–H and O–H groups in total. The Hall–Kier alpha value is -1.62. The van der Waals surface area contributed by atoms with E-state index in [1.807, 2.05) is 13.1 Å². The maximum atomic E-state index is 12.9. The molecule has 6 heteroatoms. The molecular formula is C18H20Cl2FN2O+. The first-order valence-corrected chi connectivity index (χ1v) is 8.46. The predicted molar refractivity (Wildman–Crippen MR) is 95.0 cm³/mol. The highest BCUT2D eigenvalue weighted by molar-refractivity contribution is 6.35. The lowest BCUT2D eigenvalue weighted by Crippen LogP contribution is -3.08. The molecule has 0 radical (unpaired) electrons. The Morgan fingerprint density at radius 1 is 1.17 bits per heavy atom. The molecule has 1 amide bonds. The van der Waals surface area contributed by atoms with Crippen molar-refractivity contribution in [2.75, 3.05) is 20.1 Å². The molecule has 2 aromatic rings. The van der Waals surface area contributed by atoms with Crippen molar-refractivity contribution in [3.8, 4) is 0 Å². The van der Waals surface area contributed by atoms with E-state index in [0.29, 0.717) is 36.1 Å². The van der Waals surface area contributed by atoms with Crippen LogP contribution in [-0.4, -0.2) is 26.0 Å². The molecule has 1 unspecified atom stereocenters. The lowest BCUT2D eigenvalue weighted by atomic mass is 10.1. The van der Waals surface area contributed by atoms with Gasteiger partial charge in [-0.15, -0.1) is 0 Å². The third kappa shape index (κ3) is 6.11. The summed E-state index contributed by atoms with van der Waals surface area (Å²) in [5, 5.41) is 4.09. The van der Waals surface area contributed by atoms with Crippen LogP contribution in [0, 0.1) is 5.82 Å². The number of amides is 1. The first-order valence-electron chi connectivity index (χ1n) is 7.70. The zero-order valence-electron chi connectivity index (χ0n) is 13.4. The number of nitrogens with one attached hydrogen (secondary N) is 2. The summed E-state index contributed by atoms with van der Waals surface area (Å²) >= 11 is 12.0. The molecule has 0 fully saturated rings. The van der Waals surface area contributed by atoms with Crippen molar-refractivity contribution in [1.82, 2.24) is 5.32 Å². The van der Waals surface area contributed by atoms with Gasteiger partial charge in [-0.25, -0.2) is 4.39 Å². The van der Waals surface area contributed by atoms with E-state index in [4.69, 9.17) is 23.2 Å². The maximum Gasteiger partial charge on any atom is 0.275 e. The van der Waals surface area contributed by atoms with Crippen LogP contribution in [0.5, 0.6) is 0 Å². The Kier molecular flexibility index (Phi) is 7.03. The molecule has 0 saturated heterocycles. The standard InChI is InChI=1S/C18H19Cl2FN2O/c1-23(11-13-2-6-16(21)7-3-13)12-18(24)22-9-8-14-4-5-15(19)10-17(14)20/h2-7,10H,8-9,11-12H2,1H3,(H,22,24)/p+1. The van der Waals surface area contributed by atoms with E-state index < -0.39 is 0 Å². The normalized spacial score (nSPS) is 12.0. The zero-order chi connectivity index (χ0) is 17.5. The Morgan fingerprint density at radius 2 is 1.88 bits per heavy atom. The number of rotatable bonds is 7. The van der Waals surface area contributed by atoms with E-state index in [9.17, 15) is 9.18 Å². The Morgan fingerprint density at radius 3 is 2.54 bits per heavy atom. The second kappa shape index (κ2) is 9.02. The van der Waals surface area contributed by atoms with Crippen LogP contribution in [-0.2, 0) is 17.8 Å². The molecule has 0 spiro atoms. The fourth-order valence-corrected chi connectivity index (χ4v) is 2.91. The lowest BCUT2D eigenvalue weighted by Gasteiger charge is -2.14. The van der Waals surface area contributed by atoms with Crippen LogP contribution in [0.3, 0.4) is 0 Å². The topological polar surface area (TPSA) is 33.5 Å². The van der Waals surface area contributed by atoms with Crippen molar-refractivity contribution < 1.29 is 14.1 Å². The van der Waals surface area contributed by atoms with Crippen LogP contribution in [0.15, 0.2) is 42.5 Å². The fraction of sp³-hybridized carbons (Fsp3) is 0.278.